The predicted octanol–water partition coefficient (Wildman–Crippen LogP) is 5.65. The first-order valence-corrected chi connectivity index (χ1v) is 8.36. The van der Waals surface area contributed by atoms with Gasteiger partial charge in [0.2, 0.25) is 0 Å². The van der Waals surface area contributed by atoms with Crippen LogP contribution in [0, 0.1) is 11.8 Å². The lowest BCUT2D eigenvalue weighted by molar-refractivity contribution is -0.143. The molecule has 0 heterocycles. The summed E-state index contributed by atoms with van der Waals surface area (Å²) in [6.45, 7) is 6.54. The van der Waals surface area contributed by atoms with Crippen LogP contribution in [0.3, 0.4) is 0 Å². The Hall–Kier alpha value is -0.530. The summed E-state index contributed by atoms with van der Waals surface area (Å²) in [5, 5.41) is 9.35. The molecule has 0 aliphatic rings. The zero-order chi connectivity index (χ0) is 14.5. The van der Waals surface area contributed by atoms with Gasteiger partial charge in [0, 0.05) is 0 Å². The molecule has 0 spiro atoms. The lowest BCUT2D eigenvalue weighted by atomic mass is 9.85. The Labute approximate surface area is 120 Å². The van der Waals surface area contributed by atoms with E-state index in [4.69, 9.17) is 0 Å². The van der Waals surface area contributed by atoms with E-state index in [1.807, 2.05) is 0 Å². The molecule has 0 saturated heterocycles. The molecule has 2 heteroatoms. The van der Waals surface area contributed by atoms with Crippen molar-refractivity contribution in [1.29, 1.82) is 0 Å². The molecule has 0 aliphatic heterocycles. The van der Waals surface area contributed by atoms with E-state index in [1.165, 1.54) is 51.4 Å². The average Bonchev–Trinajstić information content (AvgIpc) is 2.38. The van der Waals surface area contributed by atoms with Crippen LogP contribution in [0.25, 0.3) is 0 Å². The third-order valence-corrected chi connectivity index (χ3v) is 4.14. The molecule has 0 rings (SSSR count). The summed E-state index contributed by atoms with van der Waals surface area (Å²) >= 11 is 0. The summed E-state index contributed by atoms with van der Waals surface area (Å²) in [5.74, 6) is -0.373. The van der Waals surface area contributed by atoms with Gasteiger partial charge in [-0.2, -0.15) is 0 Å². The maximum atomic E-state index is 11.3. The standard InChI is InChI=1S/C17H34O2/c1-4-6-8-10-12-14-16(17(18)19)15(3)13-11-9-7-5-2/h15-16H,4-14H2,1-3H3,(H,18,19). The van der Waals surface area contributed by atoms with Crippen LogP contribution >= 0.6 is 0 Å². The van der Waals surface area contributed by atoms with Crippen molar-refractivity contribution in [2.75, 3.05) is 0 Å². The number of unbranched alkanes of at least 4 members (excludes halogenated alkanes) is 7. The van der Waals surface area contributed by atoms with Crippen molar-refractivity contribution in [1.82, 2.24) is 0 Å². The Morgan fingerprint density at radius 1 is 0.842 bits per heavy atom. The molecule has 2 atom stereocenters. The van der Waals surface area contributed by atoms with Crippen molar-refractivity contribution in [2.24, 2.45) is 11.8 Å². The van der Waals surface area contributed by atoms with Gasteiger partial charge in [-0.3, -0.25) is 4.79 Å². The van der Waals surface area contributed by atoms with E-state index >= 15 is 0 Å². The Morgan fingerprint density at radius 3 is 1.84 bits per heavy atom. The SMILES string of the molecule is CCCCCCCC(C(=O)O)C(C)CCCCCC. The first kappa shape index (κ1) is 18.5. The minimum absolute atomic E-state index is 0.122. The smallest absolute Gasteiger partial charge is 0.306 e. The quantitative estimate of drug-likeness (QED) is 0.439. The fourth-order valence-corrected chi connectivity index (χ4v) is 2.71. The molecular formula is C17H34O2. The minimum atomic E-state index is -0.585. The summed E-state index contributed by atoms with van der Waals surface area (Å²) in [6.07, 6.45) is 13.0. The van der Waals surface area contributed by atoms with Gasteiger partial charge in [-0.05, 0) is 18.8 Å². The highest BCUT2D eigenvalue weighted by atomic mass is 16.4. The van der Waals surface area contributed by atoms with Gasteiger partial charge in [0.25, 0.3) is 0 Å². The first-order chi connectivity index (χ1) is 9.13. The summed E-state index contributed by atoms with van der Waals surface area (Å²) in [7, 11) is 0. The Balaban J connectivity index is 3.85. The molecule has 19 heavy (non-hydrogen) atoms. The van der Waals surface area contributed by atoms with Crippen LogP contribution in [0.15, 0.2) is 0 Å². The van der Waals surface area contributed by atoms with E-state index in [2.05, 4.69) is 20.8 Å². The summed E-state index contributed by atoms with van der Waals surface area (Å²) in [5.41, 5.74) is 0. The molecule has 2 unspecified atom stereocenters. The van der Waals surface area contributed by atoms with Crippen molar-refractivity contribution in [3.63, 3.8) is 0 Å². The van der Waals surface area contributed by atoms with Crippen LogP contribution in [0.2, 0.25) is 0 Å². The molecule has 0 aromatic heterocycles. The Bertz CT molecular complexity index is 213. The topological polar surface area (TPSA) is 37.3 Å². The summed E-state index contributed by atoms with van der Waals surface area (Å²) < 4.78 is 0. The lowest BCUT2D eigenvalue weighted by Gasteiger charge is -2.20. The monoisotopic (exact) mass is 270 g/mol. The summed E-state index contributed by atoms with van der Waals surface area (Å²) in [4.78, 5) is 11.3. The predicted molar refractivity (Wildman–Crippen MR) is 82.4 cm³/mol. The third kappa shape index (κ3) is 9.98. The molecule has 0 bridgehead atoms. The fourth-order valence-electron chi connectivity index (χ4n) is 2.71. The van der Waals surface area contributed by atoms with Crippen LogP contribution < -0.4 is 0 Å². The maximum absolute atomic E-state index is 11.3. The third-order valence-electron chi connectivity index (χ3n) is 4.14. The number of carboxylic acids is 1. The van der Waals surface area contributed by atoms with Gasteiger partial charge in [-0.25, -0.2) is 0 Å². The van der Waals surface area contributed by atoms with Gasteiger partial charge in [0.15, 0.2) is 0 Å². The van der Waals surface area contributed by atoms with E-state index in [9.17, 15) is 9.90 Å². The molecule has 0 radical (unpaired) electrons. The van der Waals surface area contributed by atoms with Crippen LogP contribution in [0.4, 0.5) is 0 Å². The van der Waals surface area contributed by atoms with Crippen LogP contribution in [0.1, 0.15) is 91.4 Å². The Kier molecular flexibility index (Phi) is 12.2. The van der Waals surface area contributed by atoms with Crippen LogP contribution in [-0.4, -0.2) is 11.1 Å². The van der Waals surface area contributed by atoms with E-state index in [0.717, 1.165) is 19.3 Å². The van der Waals surface area contributed by atoms with Gasteiger partial charge in [-0.1, -0.05) is 78.6 Å². The highest BCUT2D eigenvalue weighted by Gasteiger charge is 2.23. The van der Waals surface area contributed by atoms with Crippen molar-refractivity contribution in [2.45, 2.75) is 91.4 Å². The second-order valence-electron chi connectivity index (χ2n) is 5.97. The number of aliphatic carboxylic acids is 1. The second-order valence-corrected chi connectivity index (χ2v) is 5.97. The van der Waals surface area contributed by atoms with E-state index in [-0.39, 0.29) is 5.92 Å². The highest BCUT2D eigenvalue weighted by molar-refractivity contribution is 5.70. The van der Waals surface area contributed by atoms with Crippen molar-refractivity contribution < 1.29 is 9.90 Å². The van der Waals surface area contributed by atoms with Gasteiger partial charge < -0.3 is 5.11 Å². The van der Waals surface area contributed by atoms with Gasteiger partial charge in [-0.15, -0.1) is 0 Å². The molecule has 0 saturated carbocycles. The van der Waals surface area contributed by atoms with Gasteiger partial charge in [0.1, 0.15) is 0 Å². The normalized spacial score (nSPS) is 14.3. The first-order valence-electron chi connectivity index (χ1n) is 8.36. The molecule has 1 N–H and O–H groups in total. The van der Waals surface area contributed by atoms with Crippen molar-refractivity contribution in [3.8, 4) is 0 Å². The fraction of sp³-hybridized carbons (Fsp3) is 0.941. The number of rotatable bonds is 13. The molecule has 0 aromatic carbocycles. The zero-order valence-electron chi connectivity index (χ0n) is 13.3. The average molecular weight is 270 g/mol. The number of hydrogen-bond donors (Lipinski definition) is 1. The van der Waals surface area contributed by atoms with Crippen LogP contribution in [-0.2, 0) is 4.79 Å². The molecular weight excluding hydrogens is 236 g/mol. The largest absolute Gasteiger partial charge is 0.481 e. The summed E-state index contributed by atoms with van der Waals surface area (Å²) in [6, 6.07) is 0. The van der Waals surface area contributed by atoms with Gasteiger partial charge in [0.05, 0.1) is 5.92 Å². The van der Waals surface area contributed by atoms with E-state index in [1.54, 1.807) is 0 Å². The van der Waals surface area contributed by atoms with E-state index < -0.39 is 5.97 Å². The molecule has 114 valence electrons. The van der Waals surface area contributed by atoms with Crippen molar-refractivity contribution >= 4 is 5.97 Å². The highest BCUT2D eigenvalue weighted by Crippen LogP contribution is 2.24. The molecule has 0 aliphatic carbocycles. The molecule has 2 nitrogen and oxygen atoms in total. The lowest BCUT2D eigenvalue weighted by Crippen LogP contribution is -2.21. The molecule has 0 aromatic rings. The van der Waals surface area contributed by atoms with Crippen LogP contribution in [0.5, 0.6) is 0 Å². The maximum Gasteiger partial charge on any atom is 0.306 e. The number of hydrogen-bond acceptors (Lipinski definition) is 1. The Morgan fingerprint density at radius 2 is 1.32 bits per heavy atom. The molecule has 0 amide bonds. The zero-order valence-corrected chi connectivity index (χ0v) is 13.3. The van der Waals surface area contributed by atoms with Gasteiger partial charge >= 0.3 is 5.97 Å². The van der Waals surface area contributed by atoms with Crippen molar-refractivity contribution in [3.05, 3.63) is 0 Å². The number of carbonyl (C=O) groups is 1. The molecule has 0 fully saturated rings. The van der Waals surface area contributed by atoms with E-state index in [0.29, 0.717) is 5.92 Å². The second kappa shape index (κ2) is 12.5. The minimum Gasteiger partial charge on any atom is -0.481 e. The number of carboxylic acid groups (broad SMARTS) is 1.